The van der Waals surface area contributed by atoms with Gasteiger partial charge >= 0.3 is 0 Å². The number of hydrogen-bond donors (Lipinski definition) is 0. The number of rotatable bonds is 0. The van der Waals surface area contributed by atoms with Gasteiger partial charge in [-0.05, 0) is 13.3 Å². The normalized spacial score (nSPS) is 10.1. The van der Waals surface area contributed by atoms with Crippen molar-refractivity contribution in [3.05, 3.63) is 23.8 Å². The topological polar surface area (TPSA) is 0 Å². The summed E-state index contributed by atoms with van der Waals surface area (Å²) in [6.45, 7) is 2.11. The van der Waals surface area contributed by atoms with Crippen molar-refractivity contribution in [3.63, 3.8) is 0 Å². The molecule has 0 heterocycles. The molecule has 5 heteroatoms. The molecule has 0 saturated carbocycles. The Morgan fingerprint density at radius 1 is 1.09 bits per heavy atom. The molecular formula is C6H12F4Nb. The maximum atomic E-state index is 2.21. The second-order valence-electron chi connectivity index (χ2n) is 1.59. The van der Waals surface area contributed by atoms with Gasteiger partial charge in [0.05, 0.1) is 0 Å². The third kappa shape index (κ3) is 13.0. The Morgan fingerprint density at radius 3 is 1.64 bits per heavy atom. The fourth-order valence-corrected chi connectivity index (χ4v) is 0.576. The Morgan fingerprint density at radius 2 is 1.55 bits per heavy atom. The minimum absolute atomic E-state index is 0. The van der Waals surface area contributed by atoms with Gasteiger partial charge in [0.25, 0.3) is 0 Å². The third-order valence-electron chi connectivity index (χ3n) is 0.957. The molecule has 0 saturated heterocycles. The molecule has 1 rings (SSSR count). The summed E-state index contributed by atoms with van der Waals surface area (Å²) in [4.78, 5) is 0. The van der Waals surface area contributed by atoms with Crippen molar-refractivity contribution in [2.45, 2.75) is 13.3 Å². The van der Waals surface area contributed by atoms with Crippen LogP contribution in [0.2, 0.25) is 0 Å². The summed E-state index contributed by atoms with van der Waals surface area (Å²) in [5.74, 6) is 0. The van der Waals surface area contributed by atoms with Gasteiger partial charge in [-0.25, -0.2) is 0 Å². The monoisotopic (exact) mass is 253 g/mol. The van der Waals surface area contributed by atoms with E-state index in [2.05, 4.69) is 25.2 Å². The fourth-order valence-electron chi connectivity index (χ4n) is 0.576. The van der Waals surface area contributed by atoms with Gasteiger partial charge in [-0.3, -0.25) is 18.8 Å². The molecule has 0 nitrogen and oxygen atoms in total. The Bertz CT molecular complexity index is 108. The van der Waals surface area contributed by atoms with Crippen molar-refractivity contribution in [1.29, 1.82) is 0 Å². The number of halogens is 4. The van der Waals surface area contributed by atoms with Crippen LogP contribution >= 0.6 is 0 Å². The molecule has 0 aromatic heterocycles. The van der Waals surface area contributed by atoms with Crippen LogP contribution in [-0.4, -0.2) is 0 Å². The first-order valence-electron chi connectivity index (χ1n) is 2.23. The Balaban J connectivity index is -0.0000000240. The molecule has 1 radical (unpaired) electrons. The minimum Gasteiger partial charge on any atom is -0.269 e. The summed E-state index contributed by atoms with van der Waals surface area (Å²) in [6, 6.07) is 0. The second-order valence-corrected chi connectivity index (χ2v) is 1.59. The van der Waals surface area contributed by atoms with Gasteiger partial charge in [0.1, 0.15) is 0 Å². The van der Waals surface area contributed by atoms with Crippen LogP contribution in [0.5, 0.6) is 0 Å². The minimum atomic E-state index is 0. The number of hydrogen-bond acceptors (Lipinski definition) is 0. The van der Waals surface area contributed by atoms with E-state index in [4.69, 9.17) is 0 Å². The van der Waals surface area contributed by atoms with Crippen molar-refractivity contribution in [1.82, 2.24) is 0 Å². The van der Waals surface area contributed by atoms with E-state index in [-0.39, 0.29) is 41.2 Å². The predicted molar refractivity (Wildman–Crippen MR) is 37.5 cm³/mol. The molecule has 0 bridgehead atoms. The van der Waals surface area contributed by atoms with E-state index in [9.17, 15) is 0 Å². The fraction of sp³-hybridized carbons (Fsp3) is 0.333. The molecule has 0 aliphatic heterocycles. The quantitative estimate of drug-likeness (QED) is 0.459. The molecule has 0 aromatic rings. The van der Waals surface area contributed by atoms with Gasteiger partial charge in [0.15, 0.2) is 0 Å². The summed E-state index contributed by atoms with van der Waals surface area (Å²) in [7, 11) is 0. The zero-order valence-electron chi connectivity index (χ0n) is 6.02. The van der Waals surface area contributed by atoms with Crippen LogP contribution in [-0.2, 0) is 22.4 Å². The summed E-state index contributed by atoms with van der Waals surface area (Å²) < 4.78 is 0. The van der Waals surface area contributed by atoms with Crippen LogP contribution in [0.4, 0.5) is 18.8 Å². The Kier molecular flexibility index (Phi) is 45.9. The van der Waals surface area contributed by atoms with Gasteiger partial charge in [-0.1, -0.05) is 23.8 Å². The second kappa shape index (κ2) is 16.5. The zero-order valence-corrected chi connectivity index (χ0v) is 8.22. The molecule has 0 atom stereocenters. The molecule has 0 spiro atoms. The van der Waals surface area contributed by atoms with E-state index >= 15 is 0 Å². The Hall–Kier alpha value is -0.0597. The molecule has 0 fully saturated rings. The van der Waals surface area contributed by atoms with Crippen LogP contribution in [0.15, 0.2) is 23.8 Å². The van der Waals surface area contributed by atoms with E-state index in [1.807, 2.05) is 0 Å². The molecule has 1 aliphatic carbocycles. The Labute approximate surface area is 78.7 Å². The smallest absolute Gasteiger partial charge is 0 e. The van der Waals surface area contributed by atoms with Crippen molar-refractivity contribution >= 4 is 0 Å². The largest absolute Gasteiger partial charge is 0.269 e. The van der Waals surface area contributed by atoms with Crippen molar-refractivity contribution in [3.8, 4) is 0 Å². The van der Waals surface area contributed by atoms with Crippen LogP contribution in [0.1, 0.15) is 13.3 Å². The summed E-state index contributed by atoms with van der Waals surface area (Å²) in [5.41, 5.74) is 1.40. The van der Waals surface area contributed by atoms with Crippen molar-refractivity contribution in [2.75, 3.05) is 0 Å². The number of allylic oxidation sites excluding steroid dienone is 4. The molecule has 0 amide bonds. The molecule has 11 heavy (non-hydrogen) atoms. The first kappa shape index (κ1) is 30.6. The van der Waals surface area contributed by atoms with Crippen LogP contribution < -0.4 is 0 Å². The van der Waals surface area contributed by atoms with E-state index < -0.39 is 0 Å². The molecule has 69 valence electrons. The van der Waals surface area contributed by atoms with E-state index in [1.165, 1.54) is 5.57 Å². The summed E-state index contributed by atoms with van der Waals surface area (Å²) in [6.07, 6.45) is 7.65. The average molecular weight is 253 g/mol. The van der Waals surface area contributed by atoms with Gasteiger partial charge < -0.3 is 0 Å². The molecule has 0 aromatic carbocycles. The molecule has 0 unspecified atom stereocenters. The SMILES string of the molecule is CC1=CCC=C1.F.F.F.F.[Nb]. The first-order valence-corrected chi connectivity index (χ1v) is 2.23. The summed E-state index contributed by atoms with van der Waals surface area (Å²) >= 11 is 0. The van der Waals surface area contributed by atoms with Crippen molar-refractivity contribution < 1.29 is 41.2 Å². The zero-order chi connectivity index (χ0) is 4.41. The van der Waals surface area contributed by atoms with Gasteiger partial charge in [0, 0.05) is 22.4 Å². The molecule has 0 N–H and O–H groups in total. The molecular weight excluding hydrogens is 241 g/mol. The van der Waals surface area contributed by atoms with Crippen LogP contribution in [0.25, 0.3) is 0 Å². The standard InChI is InChI=1S/C6H8.4FH.Nb/c1-6-4-2-3-5-6;;;;;/h2,4-5H,3H2,1H3;4*1H;. The predicted octanol–water partition coefficient (Wildman–Crippen LogP) is 2.50. The molecule has 1 aliphatic rings. The van der Waals surface area contributed by atoms with Gasteiger partial charge in [0.2, 0.25) is 0 Å². The van der Waals surface area contributed by atoms with Crippen LogP contribution in [0.3, 0.4) is 0 Å². The first-order chi connectivity index (χ1) is 2.89. The van der Waals surface area contributed by atoms with Gasteiger partial charge in [-0.2, -0.15) is 0 Å². The van der Waals surface area contributed by atoms with E-state index in [1.54, 1.807) is 0 Å². The van der Waals surface area contributed by atoms with E-state index in [0.717, 1.165) is 6.42 Å². The third-order valence-corrected chi connectivity index (χ3v) is 0.957. The maximum Gasteiger partial charge on any atom is 0 e. The van der Waals surface area contributed by atoms with E-state index in [0.29, 0.717) is 0 Å². The average Bonchev–Trinajstić information content (AvgIpc) is 1.86. The summed E-state index contributed by atoms with van der Waals surface area (Å²) in [5, 5.41) is 0. The maximum absolute atomic E-state index is 2.21. The van der Waals surface area contributed by atoms with Crippen molar-refractivity contribution in [2.24, 2.45) is 0 Å². The van der Waals surface area contributed by atoms with Crippen LogP contribution in [0, 0.1) is 0 Å². The van der Waals surface area contributed by atoms with Gasteiger partial charge in [-0.15, -0.1) is 0 Å².